The summed E-state index contributed by atoms with van der Waals surface area (Å²) >= 11 is 2.01. The summed E-state index contributed by atoms with van der Waals surface area (Å²) in [6.45, 7) is 3.86. The highest BCUT2D eigenvalue weighted by atomic mass is 127. The van der Waals surface area contributed by atoms with E-state index in [-0.39, 0.29) is 17.7 Å². The van der Waals surface area contributed by atoms with E-state index in [1.54, 1.807) is 36.4 Å². The number of amides is 1. The molecule has 0 radical (unpaired) electrons. The third kappa shape index (κ3) is 4.42. The maximum atomic E-state index is 13.7. The minimum atomic E-state index is -0.449. The largest absolute Gasteiger partial charge is 0.491 e. The Morgan fingerprint density at radius 1 is 1.19 bits per heavy atom. The molecule has 5 heteroatoms. The second kappa shape index (κ2) is 6.89. The number of benzene rings is 2. The van der Waals surface area contributed by atoms with Gasteiger partial charge in [-0.2, -0.15) is 0 Å². The fourth-order valence-corrected chi connectivity index (χ4v) is 2.20. The van der Waals surface area contributed by atoms with Gasteiger partial charge in [0.15, 0.2) is 0 Å². The molecule has 0 aromatic heterocycles. The Labute approximate surface area is 136 Å². The molecule has 0 fully saturated rings. The lowest BCUT2D eigenvalue weighted by Crippen LogP contribution is -2.13. The molecule has 2 rings (SSSR count). The molecule has 0 aliphatic heterocycles. The number of anilines is 1. The van der Waals surface area contributed by atoms with E-state index >= 15 is 0 Å². The molecule has 2 aromatic rings. The molecule has 0 aliphatic carbocycles. The first-order chi connectivity index (χ1) is 9.95. The van der Waals surface area contributed by atoms with Crippen LogP contribution in [0.3, 0.4) is 0 Å². The van der Waals surface area contributed by atoms with Crippen molar-refractivity contribution >= 4 is 34.2 Å². The predicted octanol–water partition coefficient (Wildman–Crippen LogP) is 4.47. The van der Waals surface area contributed by atoms with Gasteiger partial charge < -0.3 is 10.1 Å². The number of nitrogens with one attached hydrogen (secondary N) is 1. The monoisotopic (exact) mass is 399 g/mol. The molecule has 0 heterocycles. The Hall–Kier alpha value is -1.63. The highest BCUT2D eigenvalue weighted by Gasteiger charge is 2.10. The lowest BCUT2D eigenvalue weighted by atomic mass is 10.2. The number of carbonyl (C=O) groups is 1. The van der Waals surface area contributed by atoms with Gasteiger partial charge in [0.1, 0.15) is 11.6 Å². The molecule has 0 atom stereocenters. The average molecular weight is 399 g/mol. The summed E-state index contributed by atoms with van der Waals surface area (Å²) in [5, 5.41) is 2.56. The summed E-state index contributed by atoms with van der Waals surface area (Å²) < 4.78 is 20.0. The first-order valence-corrected chi connectivity index (χ1v) is 7.56. The Kier molecular flexibility index (Phi) is 5.17. The first kappa shape index (κ1) is 15.8. The molecule has 0 unspecified atom stereocenters. The minimum Gasteiger partial charge on any atom is -0.491 e. The Balaban J connectivity index is 2.09. The Morgan fingerprint density at radius 3 is 2.43 bits per heavy atom. The quantitative estimate of drug-likeness (QED) is 0.771. The molecule has 0 aliphatic rings. The second-order valence-corrected chi connectivity index (χ2v) is 6.01. The van der Waals surface area contributed by atoms with Crippen molar-refractivity contribution in [3.63, 3.8) is 0 Å². The number of rotatable bonds is 4. The van der Waals surface area contributed by atoms with Crippen molar-refractivity contribution in [2.24, 2.45) is 0 Å². The predicted molar refractivity (Wildman–Crippen MR) is 89.3 cm³/mol. The molecule has 110 valence electrons. The van der Waals surface area contributed by atoms with Crippen molar-refractivity contribution in [2.75, 3.05) is 5.32 Å². The zero-order valence-corrected chi connectivity index (χ0v) is 13.8. The van der Waals surface area contributed by atoms with Crippen LogP contribution in [0.15, 0.2) is 42.5 Å². The summed E-state index contributed by atoms with van der Waals surface area (Å²) in [7, 11) is 0. The van der Waals surface area contributed by atoms with Gasteiger partial charge in [-0.25, -0.2) is 4.39 Å². The van der Waals surface area contributed by atoms with E-state index in [4.69, 9.17) is 4.74 Å². The summed E-state index contributed by atoms with van der Waals surface area (Å²) in [5.41, 5.74) is 0.618. The van der Waals surface area contributed by atoms with Crippen LogP contribution in [-0.2, 0) is 0 Å². The van der Waals surface area contributed by atoms with Crippen molar-refractivity contribution < 1.29 is 13.9 Å². The maximum Gasteiger partial charge on any atom is 0.255 e. The molecule has 1 N–H and O–H groups in total. The zero-order valence-electron chi connectivity index (χ0n) is 11.7. The SMILES string of the molecule is CC(C)Oc1ccc(C(=O)Nc2ccc(I)cc2F)cc1. The standard InChI is InChI=1S/C16H15FINO2/c1-10(2)21-13-6-3-11(4-7-13)16(20)19-15-8-5-12(18)9-14(15)17/h3-10H,1-2H3,(H,19,20). The molecule has 2 aromatic carbocycles. The summed E-state index contributed by atoms with van der Waals surface area (Å²) in [6, 6.07) is 11.4. The molecule has 0 saturated carbocycles. The van der Waals surface area contributed by atoms with Crippen molar-refractivity contribution in [3.8, 4) is 5.75 Å². The smallest absolute Gasteiger partial charge is 0.255 e. The van der Waals surface area contributed by atoms with Crippen LogP contribution in [0.1, 0.15) is 24.2 Å². The average Bonchev–Trinajstić information content (AvgIpc) is 2.42. The first-order valence-electron chi connectivity index (χ1n) is 6.49. The van der Waals surface area contributed by atoms with Crippen LogP contribution >= 0.6 is 22.6 Å². The summed E-state index contributed by atoms with van der Waals surface area (Å²) in [4.78, 5) is 12.1. The van der Waals surface area contributed by atoms with Gasteiger partial charge in [0.05, 0.1) is 11.8 Å². The van der Waals surface area contributed by atoms with E-state index < -0.39 is 5.82 Å². The van der Waals surface area contributed by atoms with Gasteiger partial charge in [-0.1, -0.05) is 0 Å². The van der Waals surface area contributed by atoms with Crippen molar-refractivity contribution in [1.82, 2.24) is 0 Å². The molecular formula is C16H15FINO2. The van der Waals surface area contributed by atoms with E-state index in [1.165, 1.54) is 6.07 Å². The van der Waals surface area contributed by atoms with E-state index in [2.05, 4.69) is 5.32 Å². The van der Waals surface area contributed by atoms with Crippen LogP contribution in [0.2, 0.25) is 0 Å². The molecule has 21 heavy (non-hydrogen) atoms. The van der Waals surface area contributed by atoms with Crippen LogP contribution in [0.25, 0.3) is 0 Å². The topological polar surface area (TPSA) is 38.3 Å². The van der Waals surface area contributed by atoms with Crippen molar-refractivity contribution in [3.05, 3.63) is 57.4 Å². The van der Waals surface area contributed by atoms with Crippen LogP contribution in [0.4, 0.5) is 10.1 Å². The van der Waals surface area contributed by atoms with Gasteiger partial charge in [-0.3, -0.25) is 4.79 Å². The lowest BCUT2D eigenvalue weighted by molar-refractivity contribution is 0.102. The van der Waals surface area contributed by atoms with Gasteiger partial charge in [0.25, 0.3) is 5.91 Å². The van der Waals surface area contributed by atoms with E-state index in [1.807, 2.05) is 36.4 Å². The van der Waals surface area contributed by atoms with Gasteiger partial charge in [-0.05, 0) is 78.9 Å². The summed E-state index contributed by atoms with van der Waals surface area (Å²) in [6.07, 6.45) is 0.0746. The van der Waals surface area contributed by atoms with Crippen LogP contribution in [-0.4, -0.2) is 12.0 Å². The fraction of sp³-hybridized carbons (Fsp3) is 0.188. The molecular weight excluding hydrogens is 384 g/mol. The number of ether oxygens (including phenoxy) is 1. The third-order valence-corrected chi connectivity index (χ3v) is 3.34. The number of carbonyl (C=O) groups excluding carboxylic acids is 1. The molecule has 0 bridgehead atoms. The summed E-state index contributed by atoms with van der Waals surface area (Å²) in [5.74, 6) is -0.108. The number of halogens is 2. The van der Waals surface area contributed by atoms with Gasteiger partial charge in [0.2, 0.25) is 0 Å². The zero-order chi connectivity index (χ0) is 15.4. The maximum absolute atomic E-state index is 13.7. The Morgan fingerprint density at radius 2 is 1.86 bits per heavy atom. The lowest BCUT2D eigenvalue weighted by Gasteiger charge is -2.10. The van der Waals surface area contributed by atoms with E-state index in [0.717, 1.165) is 3.57 Å². The van der Waals surface area contributed by atoms with Gasteiger partial charge in [-0.15, -0.1) is 0 Å². The van der Waals surface area contributed by atoms with Crippen molar-refractivity contribution in [1.29, 1.82) is 0 Å². The third-order valence-electron chi connectivity index (χ3n) is 2.67. The number of hydrogen-bond acceptors (Lipinski definition) is 2. The van der Waals surface area contributed by atoms with Crippen LogP contribution in [0.5, 0.6) is 5.75 Å². The van der Waals surface area contributed by atoms with Crippen LogP contribution < -0.4 is 10.1 Å². The van der Waals surface area contributed by atoms with Gasteiger partial charge >= 0.3 is 0 Å². The normalized spacial score (nSPS) is 10.5. The van der Waals surface area contributed by atoms with Crippen LogP contribution in [0, 0.1) is 9.39 Å². The molecule has 0 saturated heterocycles. The highest BCUT2D eigenvalue weighted by molar-refractivity contribution is 14.1. The van der Waals surface area contributed by atoms with Crippen molar-refractivity contribution in [2.45, 2.75) is 20.0 Å². The second-order valence-electron chi connectivity index (χ2n) is 4.77. The Bertz CT molecular complexity index is 641. The highest BCUT2D eigenvalue weighted by Crippen LogP contribution is 2.19. The minimum absolute atomic E-state index is 0.0746. The molecule has 1 amide bonds. The van der Waals surface area contributed by atoms with E-state index in [0.29, 0.717) is 11.3 Å². The fourth-order valence-electron chi connectivity index (χ4n) is 1.74. The van der Waals surface area contributed by atoms with Gasteiger partial charge in [0, 0.05) is 9.13 Å². The molecule has 3 nitrogen and oxygen atoms in total. The number of hydrogen-bond donors (Lipinski definition) is 1. The van der Waals surface area contributed by atoms with E-state index in [9.17, 15) is 9.18 Å². The molecule has 0 spiro atoms.